The minimum atomic E-state index is -3.56. The predicted molar refractivity (Wildman–Crippen MR) is 83.6 cm³/mol. The SMILES string of the molecule is Cc1cc(CO)cc(S(=O)(=O)NC2CCCC2(C)C)c1C. The van der Waals surface area contributed by atoms with E-state index in [1.807, 2.05) is 19.9 Å². The van der Waals surface area contributed by atoms with Crippen LogP contribution in [0, 0.1) is 19.3 Å². The topological polar surface area (TPSA) is 66.4 Å². The molecule has 0 bridgehead atoms. The van der Waals surface area contributed by atoms with Crippen LogP contribution in [0.25, 0.3) is 0 Å². The molecule has 0 aliphatic heterocycles. The average Bonchev–Trinajstić information content (AvgIpc) is 2.71. The molecule has 0 radical (unpaired) electrons. The molecule has 0 amide bonds. The van der Waals surface area contributed by atoms with Gasteiger partial charge in [0.1, 0.15) is 0 Å². The summed E-state index contributed by atoms with van der Waals surface area (Å²) in [6.07, 6.45) is 2.97. The van der Waals surface area contributed by atoms with Crippen molar-refractivity contribution >= 4 is 10.0 Å². The molecule has 1 aromatic carbocycles. The molecule has 0 aromatic heterocycles. The van der Waals surface area contributed by atoms with Crippen molar-refractivity contribution < 1.29 is 13.5 Å². The van der Waals surface area contributed by atoms with Gasteiger partial charge in [-0.25, -0.2) is 13.1 Å². The number of nitrogens with one attached hydrogen (secondary N) is 1. The van der Waals surface area contributed by atoms with Crippen LogP contribution in [-0.2, 0) is 16.6 Å². The molecule has 1 fully saturated rings. The third kappa shape index (κ3) is 3.30. The Morgan fingerprint density at radius 2 is 2.00 bits per heavy atom. The van der Waals surface area contributed by atoms with Crippen molar-refractivity contribution in [3.05, 3.63) is 28.8 Å². The van der Waals surface area contributed by atoms with Crippen LogP contribution in [-0.4, -0.2) is 19.6 Å². The Bertz CT molecular complexity index is 635. The maximum absolute atomic E-state index is 12.7. The Morgan fingerprint density at radius 3 is 2.52 bits per heavy atom. The predicted octanol–water partition coefficient (Wildman–Crippen LogP) is 2.65. The Morgan fingerprint density at radius 1 is 1.33 bits per heavy atom. The van der Waals surface area contributed by atoms with Crippen molar-refractivity contribution in [2.45, 2.75) is 64.5 Å². The lowest BCUT2D eigenvalue weighted by Gasteiger charge is -2.28. The van der Waals surface area contributed by atoms with Crippen LogP contribution in [0.2, 0.25) is 0 Å². The third-order valence-corrected chi connectivity index (χ3v) is 6.30. The van der Waals surface area contributed by atoms with Gasteiger partial charge in [0.25, 0.3) is 0 Å². The summed E-state index contributed by atoms with van der Waals surface area (Å²) in [5.74, 6) is 0. The van der Waals surface area contributed by atoms with E-state index in [4.69, 9.17) is 0 Å². The van der Waals surface area contributed by atoms with Crippen molar-refractivity contribution in [3.8, 4) is 0 Å². The molecule has 1 aliphatic carbocycles. The Hall–Kier alpha value is -0.910. The molecule has 1 saturated carbocycles. The molecule has 1 aromatic rings. The smallest absolute Gasteiger partial charge is 0.241 e. The van der Waals surface area contributed by atoms with Crippen LogP contribution in [0.15, 0.2) is 17.0 Å². The number of rotatable bonds is 4. The summed E-state index contributed by atoms with van der Waals surface area (Å²) in [6.45, 7) is 7.74. The van der Waals surface area contributed by atoms with Gasteiger partial charge in [-0.1, -0.05) is 26.3 Å². The molecule has 118 valence electrons. The second kappa shape index (κ2) is 5.71. The molecule has 1 aliphatic rings. The zero-order chi connectivity index (χ0) is 15.8. The van der Waals surface area contributed by atoms with Crippen LogP contribution < -0.4 is 4.72 Å². The van der Waals surface area contributed by atoms with Crippen LogP contribution in [0.5, 0.6) is 0 Å². The molecular weight excluding hydrogens is 286 g/mol. The van der Waals surface area contributed by atoms with Crippen LogP contribution in [0.1, 0.15) is 49.8 Å². The lowest BCUT2D eigenvalue weighted by molar-refractivity contribution is 0.281. The van der Waals surface area contributed by atoms with Gasteiger partial charge in [0.15, 0.2) is 0 Å². The molecule has 21 heavy (non-hydrogen) atoms. The van der Waals surface area contributed by atoms with Gasteiger partial charge in [-0.3, -0.25) is 0 Å². The van der Waals surface area contributed by atoms with Crippen molar-refractivity contribution in [2.75, 3.05) is 0 Å². The monoisotopic (exact) mass is 311 g/mol. The second-order valence-electron chi connectivity index (χ2n) is 6.75. The number of aliphatic hydroxyl groups excluding tert-OH is 1. The fourth-order valence-electron chi connectivity index (χ4n) is 3.07. The van der Waals surface area contributed by atoms with E-state index in [1.54, 1.807) is 6.07 Å². The summed E-state index contributed by atoms with van der Waals surface area (Å²) in [7, 11) is -3.56. The van der Waals surface area contributed by atoms with E-state index in [0.29, 0.717) is 5.56 Å². The standard InChI is InChI=1S/C16H25NO3S/c1-11-8-13(10-18)9-14(12(11)2)21(19,20)17-15-6-5-7-16(15,3)4/h8-9,15,17-18H,5-7,10H2,1-4H3. The van der Waals surface area contributed by atoms with Gasteiger partial charge in [0.2, 0.25) is 10.0 Å². The van der Waals surface area contributed by atoms with Gasteiger partial charge in [-0.05, 0) is 54.9 Å². The van der Waals surface area contributed by atoms with Crippen molar-refractivity contribution in [3.63, 3.8) is 0 Å². The first kappa shape index (κ1) is 16.5. The average molecular weight is 311 g/mol. The normalized spacial score (nSPS) is 21.7. The van der Waals surface area contributed by atoms with Gasteiger partial charge < -0.3 is 5.11 Å². The third-order valence-electron chi connectivity index (χ3n) is 4.71. The van der Waals surface area contributed by atoms with Crippen molar-refractivity contribution in [1.29, 1.82) is 0 Å². The van der Waals surface area contributed by atoms with Crippen molar-refractivity contribution in [1.82, 2.24) is 4.72 Å². The van der Waals surface area contributed by atoms with Gasteiger partial charge in [-0.2, -0.15) is 0 Å². The molecule has 0 saturated heterocycles. The maximum atomic E-state index is 12.7. The fourth-order valence-corrected chi connectivity index (χ4v) is 4.87. The molecule has 0 heterocycles. The number of sulfonamides is 1. The zero-order valence-electron chi connectivity index (χ0n) is 13.2. The summed E-state index contributed by atoms with van der Waals surface area (Å²) in [4.78, 5) is 0.286. The molecular formula is C16H25NO3S. The maximum Gasteiger partial charge on any atom is 0.241 e. The Kier molecular flexibility index (Phi) is 4.47. The van der Waals surface area contributed by atoms with E-state index in [1.165, 1.54) is 0 Å². The minimum absolute atomic E-state index is 0.00932. The second-order valence-corrected chi connectivity index (χ2v) is 8.43. The number of hydrogen-bond acceptors (Lipinski definition) is 3. The molecule has 0 spiro atoms. The Labute approximate surface area is 127 Å². The molecule has 2 rings (SSSR count). The Balaban J connectivity index is 2.38. The van der Waals surface area contributed by atoms with E-state index in [2.05, 4.69) is 18.6 Å². The lowest BCUT2D eigenvalue weighted by atomic mass is 9.88. The van der Waals surface area contributed by atoms with E-state index >= 15 is 0 Å². The van der Waals surface area contributed by atoms with E-state index in [0.717, 1.165) is 30.4 Å². The molecule has 2 N–H and O–H groups in total. The quantitative estimate of drug-likeness (QED) is 0.898. The number of aliphatic hydroxyl groups is 1. The molecule has 5 heteroatoms. The fraction of sp³-hybridized carbons (Fsp3) is 0.625. The van der Waals surface area contributed by atoms with E-state index in [9.17, 15) is 13.5 Å². The minimum Gasteiger partial charge on any atom is -0.392 e. The van der Waals surface area contributed by atoms with Gasteiger partial charge in [0.05, 0.1) is 11.5 Å². The highest BCUT2D eigenvalue weighted by atomic mass is 32.2. The van der Waals surface area contributed by atoms with E-state index < -0.39 is 10.0 Å². The van der Waals surface area contributed by atoms with Crippen molar-refractivity contribution in [2.24, 2.45) is 5.41 Å². The first-order valence-corrected chi connectivity index (χ1v) is 8.89. The van der Waals surface area contributed by atoms with Crippen LogP contribution >= 0.6 is 0 Å². The highest BCUT2D eigenvalue weighted by molar-refractivity contribution is 7.89. The summed E-state index contributed by atoms with van der Waals surface area (Å²) in [6, 6.07) is 3.38. The first-order chi connectivity index (χ1) is 9.67. The first-order valence-electron chi connectivity index (χ1n) is 7.41. The van der Waals surface area contributed by atoms with Gasteiger partial charge >= 0.3 is 0 Å². The van der Waals surface area contributed by atoms with Crippen LogP contribution in [0.4, 0.5) is 0 Å². The molecule has 1 atom stereocenters. The van der Waals surface area contributed by atoms with Gasteiger partial charge in [0, 0.05) is 6.04 Å². The number of aryl methyl sites for hydroxylation is 1. The highest BCUT2D eigenvalue weighted by Gasteiger charge is 2.37. The summed E-state index contributed by atoms with van der Waals surface area (Å²) >= 11 is 0. The number of benzene rings is 1. The largest absolute Gasteiger partial charge is 0.392 e. The number of hydrogen-bond donors (Lipinski definition) is 2. The van der Waals surface area contributed by atoms with Crippen LogP contribution in [0.3, 0.4) is 0 Å². The summed E-state index contributed by atoms with van der Waals surface area (Å²) in [5, 5.41) is 9.30. The molecule has 4 nitrogen and oxygen atoms in total. The van der Waals surface area contributed by atoms with Gasteiger partial charge in [-0.15, -0.1) is 0 Å². The van der Waals surface area contributed by atoms with E-state index in [-0.39, 0.29) is 23.0 Å². The highest BCUT2D eigenvalue weighted by Crippen LogP contribution is 2.38. The summed E-state index contributed by atoms with van der Waals surface area (Å²) in [5.41, 5.74) is 2.25. The zero-order valence-corrected chi connectivity index (χ0v) is 14.0. The summed E-state index contributed by atoms with van der Waals surface area (Å²) < 4.78 is 28.3. The molecule has 1 unspecified atom stereocenters. The lowest BCUT2D eigenvalue weighted by Crippen LogP contribution is -2.41.